The highest BCUT2D eigenvalue weighted by Crippen LogP contribution is 2.31. The van der Waals surface area contributed by atoms with Crippen LogP contribution in [0.4, 0.5) is 5.82 Å². The van der Waals surface area contributed by atoms with Gasteiger partial charge in [0.15, 0.2) is 0 Å². The Morgan fingerprint density at radius 2 is 2.00 bits per heavy atom. The van der Waals surface area contributed by atoms with E-state index in [1.165, 1.54) is 0 Å². The number of aromatic nitrogens is 3. The largest absolute Gasteiger partial charge is 0.364 e. The number of nitrogens with zero attached hydrogens (tertiary/aromatic N) is 2. The zero-order valence-corrected chi connectivity index (χ0v) is 16.2. The zero-order valence-electron chi connectivity index (χ0n) is 16.2. The molecule has 4 rings (SSSR count). The standard InChI is InChI=1S/C21H25N5O/c1-5-14-19(26-21(2,3)4)25-18-12(7-6-8-16(18)23-14)17-11-13-15(24-17)9-10-22-20(13)27/h6-8,11,24H,5,9-10H2,1-4H3,(H,22,27)(H,25,26). The topological polar surface area (TPSA) is 82.7 Å². The van der Waals surface area contributed by atoms with Crippen molar-refractivity contribution in [1.82, 2.24) is 20.3 Å². The molecule has 0 saturated carbocycles. The van der Waals surface area contributed by atoms with Gasteiger partial charge in [-0.25, -0.2) is 9.97 Å². The van der Waals surface area contributed by atoms with E-state index in [9.17, 15) is 4.79 Å². The first-order valence-electron chi connectivity index (χ1n) is 9.44. The van der Waals surface area contributed by atoms with Gasteiger partial charge < -0.3 is 15.6 Å². The van der Waals surface area contributed by atoms with Crippen LogP contribution in [0.2, 0.25) is 0 Å². The Hall–Kier alpha value is -2.89. The van der Waals surface area contributed by atoms with Crippen LogP contribution in [0.3, 0.4) is 0 Å². The molecule has 3 aromatic rings. The van der Waals surface area contributed by atoms with Crippen molar-refractivity contribution in [3.63, 3.8) is 0 Å². The number of H-pyrrole nitrogens is 1. The van der Waals surface area contributed by atoms with Crippen LogP contribution >= 0.6 is 0 Å². The van der Waals surface area contributed by atoms with Gasteiger partial charge >= 0.3 is 0 Å². The van der Waals surface area contributed by atoms with Crippen molar-refractivity contribution in [3.8, 4) is 11.3 Å². The summed E-state index contributed by atoms with van der Waals surface area (Å²) in [5, 5.41) is 6.37. The number of aromatic amines is 1. The van der Waals surface area contributed by atoms with Gasteiger partial charge in [0.1, 0.15) is 11.3 Å². The quantitative estimate of drug-likeness (QED) is 0.663. The van der Waals surface area contributed by atoms with Crippen molar-refractivity contribution in [2.45, 2.75) is 46.1 Å². The van der Waals surface area contributed by atoms with E-state index in [0.29, 0.717) is 6.54 Å². The molecule has 0 spiro atoms. The first kappa shape index (κ1) is 17.5. The van der Waals surface area contributed by atoms with Crippen molar-refractivity contribution in [1.29, 1.82) is 0 Å². The second-order valence-electron chi connectivity index (χ2n) is 8.00. The lowest BCUT2D eigenvalue weighted by atomic mass is 10.1. The third kappa shape index (κ3) is 3.27. The second-order valence-corrected chi connectivity index (χ2v) is 8.00. The number of anilines is 1. The predicted octanol–water partition coefficient (Wildman–Crippen LogP) is 3.68. The fourth-order valence-corrected chi connectivity index (χ4v) is 3.47. The molecule has 2 aromatic heterocycles. The number of rotatable bonds is 3. The first-order chi connectivity index (χ1) is 12.9. The van der Waals surface area contributed by atoms with Gasteiger partial charge in [-0.1, -0.05) is 19.1 Å². The van der Waals surface area contributed by atoms with Gasteiger partial charge in [0.2, 0.25) is 0 Å². The van der Waals surface area contributed by atoms with Crippen LogP contribution in [0.25, 0.3) is 22.3 Å². The molecule has 1 aliphatic rings. The Balaban J connectivity index is 1.89. The number of aryl methyl sites for hydroxylation is 1. The number of hydrogen-bond donors (Lipinski definition) is 3. The van der Waals surface area contributed by atoms with E-state index in [2.05, 4.69) is 43.3 Å². The maximum absolute atomic E-state index is 12.1. The summed E-state index contributed by atoms with van der Waals surface area (Å²) < 4.78 is 0. The molecule has 0 fully saturated rings. The molecule has 6 nitrogen and oxygen atoms in total. The van der Waals surface area contributed by atoms with Gasteiger partial charge in [0, 0.05) is 35.5 Å². The van der Waals surface area contributed by atoms with Crippen LogP contribution in [0.15, 0.2) is 24.3 Å². The van der Waals surface area contributed by atoms with E-state index in [1.54, 1.807) is 0 Å². The molecule has 0 bridgehead atoms. The number of amides is 1. The number of carbonyl (C=O) groups excluding carboxylic acids is 1. The van der Waals surface area contributed by atoms with Crippen LogP contribution in [0.5, 0.6) is 0 Å². The molecule has 0 aliphatic carbocycles. The highest BCUT2D eigenvalue weighted by Gasteiger charge is 2.22. The molecular formula is C21H25N5O. The molecule has 27 heavy (non-hydrogen) atoms. The monoisotopic (exact) mass is 363 g/mol. The van der Waals surface area contributed by atoms with Crippen molar-refractivity contribution in [2.24, 2.45) is 0 Å². The molecule has 3 heterocycles. The Bertz CT molecular complexity index is 1030. The Morgan fingerprint density at radius 1 is 1.19 bits per heavy atom. The Labute approximate surface area is 158 Å². The van der Waals surface area contributed by atoms with Gasteiger partial charge in [0.05, 0.1) is 16.8 Å². The summed E-state index contributed by atoms with van der Waals surface area (Å²) in [6.45, 7) is 9.09. The summed E-state index contributed by atoms with van der Waals surface area (Å²) in [7, 11) is 0. The lowest BCUT2D eigenvalue weighted by Crippen LogP contribution is -2.31. The highest BCUT2D eigenvalue weighted by molar-refractivity contribution is 5.99. The van der Waals surface area contributed by atoms with Crippen LogP contribution in [-0.4, -0.2) is 32.9 Å². The van der Waals surface area contributed by atoms with E-state index >= 15 is 0 Å². The van der Waals surface area contributed by atoms with Gasteiger partial charge in [0.25, 0.3) is 5.91 Å². The molecule has 1 amide bonds. The molecule has 140 valence electrons. The average molecular weight is 363 g/mol. The molecule has 6 heteroatoms. The summed E-state index contributed by atoms with van der Waals surface area (Å²) >= 11 is 0. The number of nitrogens with one attached hydrogen (secondary N) is 3. The zero-order chi connectivity index (χ0) is 19.2. The van der Waals surface area contributed by atoms with E-state index < -0.39 is 0 Å². The minimum atomic E-state index is -0.106. The minimum absolute atomic E-state index is 0.0200. The summed E-state index contributed by atoms with van der Waals surface area (Å²) in [6.07, 6.45) is 1.62. The predicted molar refractivity (Wildman–Crippen MR) is 108 cm³/mol. The molecule has 0 radical (unpaired) electrons. The number of para-hydroxylation sites is 1. The third-order valence-corrected chi connectivity index (χ3v) is 4.69. The van der Waals surface area contributed by atoms with E-state index in [4.69, 9.17) is 9.97 Å². The van der Waals surface area contributed by atoms with E-state index in [-0.39, 0.29) is 11.4 Å². The lowest BCUT2D eigenvalue weighted by Gasteiger charge is -2.23. The number of carbonyl (C=O) groups is 1. The molecule has 0 saturated heterocycles. The van der Waals surface area contributed by atoms with Gasteiger partial charge in [-0.2, -0.15) is 0 Å². The summed E-state index contributed by atoms with van der Waals surface area (Å²) in [5.74, 6) is 0.799. The van der Waals surface area contributed by atoms with Crippen molar-refractivity contribution < 1.29 is 4.79 Å². The summed E-state index contributed by atoms with van der Waals surface area (Å²) in [4.78, 5) is 25.3. The van der Waals surface area contributed by atoms with Gasteiger partial charge in [-0.05, 0) is 39.3 Å². The smallest absolute Gasteiger partial charge is 0.253 e. The second kappa shape index (κ2) is 6.37. The SMILES string of the molecule is CCc1nc2cccc(-c3cc4c([nH]3)CCNC4=O)c2nc1NC(C)(C)C. The van der Waals surface area contributed by atoms with Gasteiger partial charge in [-0.15, -0.1) is 0 Å². The maximum atomic E-state index is 12.1. The van der Waals surface area contributed by atoms with Crippen molar-refractivity contribution in [3.05, 3.63) is 41.2 Å². The van der Waals surface area contributed by atoms with Crippen LogP contribution in [-0.2, 0) is 12.8 Å². The van der Waals surface area contributed by atoms with E-state index in [1.807, 2.05) is 24.3 Å². The fraction of sp³-hybridized carbons (Fsp3) is 0.381. The normalized spacial score (nSPS) is 14.1. The van der Waals surface area contributed by atoms with Crippen LogP contribution < -0.4 is 10.6 Å². The van der Waals surface area contributed by atoms with Crippen LogP contribution in [0.1, 0.15) is 49.4 Å². The van der Waals surface area contributed by atoms with Crippen molar-refractivity contribution >= 4 is 22.8 Å². The van der Waals surface area contributed by atoms with Crippen molar-refractivity contribution in [2.75, 3.05) is 11.9 Å². The third-order valence-electron chi connectivity index (χ3n) is 4.69. The maximum Gasteiger partial charge on any atom is 0.253 e. The number of benzene rings is 1. The Kier molecular flexibility index (Phi) is 4.13. The van der Waals surface area contributed by atoms with Crippen LogP contribution in [0, 0.1) is 0 Å². The summed E-state index contributed by atoms with van der Waals surface area (Å²) in [6, 6.07) is 7.92. The molecule has 1 aliphatic heterocycles. The average Bonchev–Trinajstić information content (AvgIpc) is 3.05. The van der Waals surface area contributed by atoms with Gasteiger partial charge in [-0.3, -0.25) is 4.79 Å². The first-order valence-corrected chi connectivity index (χ1v) is 9.44. The molecule has 0 unspecified atom stereocenters. The summed E-state index contributed by atoms with van der Waals surface area (Å²) in [5.41, 5.74) is 6.12. The molecule has 3 N–H and O–H groups in total. The molecule has 0 atom stereocenters. The highest BCUT2D eigenvalue weighted by atomic mass is 16.1. The molecule has 1 aromatic carbocycles. The lowest BCUT2D eigenvalue weighted by molar-refractivity contribution is 0.0946. The molecular weight excluding hydrogens is 338 g/mol. The number of hydrogen-bond acceptors (Lipinski definition) is 4. The fourth-order valence-electron chi connectivity index (χ4n) is 3.47. The minimum Gasteiger partial charge on any atom is -0.364 e. The van der Waals surface area contributed by atoms with E-state index in [0.717, 1.165) is 57.9 Å². The number of fused-ring (bicyclic) bond motifs is 2. The Morgan fingerprint density at radius 3 is 2.70 bits per heavy atom.